The minimum atomic E-state index is 0.0945. The Kier molecular flexibility index (Phi) is 2.98. The van der Waals surface area contributed by atoms with Crippen molar-refractivity contribution in [1.29, 1.82) is 0 Å². The second-order valence-corrected chi connectivity index (χ2v) is 5.74. The highest BCUT2D eigenvalue weighted by Gasteiger charge is 2.21. The molecule has 0 spiro atoms. The lowest BCUT2D eigenvalue weighted by molar-refractivity contribution is 0.363. The van der Waals surface area contributed by atoms with Crippen LogP contribution in [0, 0.1) is 5.92 Å². The predicted molar refractivity (Wildman–Crippen MR) is 75.8 cm³/mol. The van der Waals surface area contributed by atoms with Crippen molar-refractivity contribution < 1.29 is 0 Å². The Morgan fingerprint density at radius 3 is 3.11 bits per heavy atom. The van der Waals surface area contributed by atoms with Gasteiger partial charge in [-0.3, -0.25) is 9.36 Å². The van der Waals surface area contributed by atoms with Crippen LogP contribution in [-0.4, -0.2) is 9.55 Å². The van der Waals surface area contributed by atoms with Crippen molar-refractivity contribution in [3.63, 3.8) is 0 Å². The molecule has 0 bridgehead atoms. The van der Waals surface area contributed by atoms with Crippen LogP contribution in [0.4, 0.5) is 0 Å². The molecule has 0 aliphatic carbocycles. The van der Waals surface area contributed by atoms with Crippen molar-refractivity contribution in [2.45, 2.75) is 32.7 Å². The number of hydrogen-bond donors (Lipinski definition) is 0. The van der Waals surface area contributed by atoms with Crippen LogP contribution in [-0.2, 0) is 13.0 Å². The zero-order chi connectivity index (χ0) is 12.7. The topological polar surface area (TPSA) is 34.9 Å². The van der Waals surface area contributed by atoms with Gasteiger partial charge in [0.25, 0.3) is 5.56 Å². The lowest BCUT2D eigenvalue weighted by Crippen LogP contribution is -2.31. The summed E-state index contributed by atoms with van der Waals surface area (Å²) in [4.78, 5) is 17.2. The molecule has 1 aromatic carbocycles. The third-order valence-electron chi connectivity index (χ3n) is 3.82. The zero-order valence-electron chi connectivity index (χ0n) is 10.3. The minimum absolute atomic E-state index is 0.0945. The van der Waals surface area contributed by atoms with E-state index in [2.05, 4.69) is 27.8 Å². The van der Waals surface area contributed by atoms with Crippen LogP contribution in [0.5, 0.6) is 0 Å². The molecule has 1 aliphatic heterocycles. The fourth-order valence-electron chi connectivity index (χ4n) is 2.68. The Morgan fingerprint density at radius 1 is 1.50 bits per heavy atom. The van der Waals surface area contributed by atoms with Crippen LogP contribution in [0.15, 0.2) is 27.5 Å². The zero-order valence-corrected chi connectivity index (χ0v) is 11.9. The van der Waals surface area contributed by atoms with Gasteiger partial charge in [0, 0.05) is 17.4 Å². The predicted octanol–water partition coefficient (Wildman–Crippen LogP) is 3.13. The van der Waals surface area contributed by atoms with E-state index in [0.29, 0.717) is 11.3 Å². The van der Waals surface area contributed by atoms with Gasteiger partial charge in [0.2, 0.25) is 0 Å². The third kappa shape index (κ3) is 1.79. The summed E-state index contributed by atoms with van der Waals surface area (Å²) in [6, 6.07) is 5.74. The second-order valence-electron chi connectivity index (χ2n) is 4.89. The minimum Gasteiger partial charge on any atom is -0.296 e. The molecule has 3 nitrogen and oxygen atoms in total. The quantitative estimate of drug-likeness (QED) is 0.811. The summed E-state index contributed by atoms with van der Waals surface area (Å²) >= 11 is 3.45. The summed E-state index contributed by atoms with van der Waals surface area (Å²) in [5, 5.41) is 0.705. The molecule has 2 heterocycles. The van der Waals surface area contributed by atoms with Crippen LogP contribution in [0.2, 0.25) is 0 Å². The first-order valence-corrected chi connectivity index (χ1v) is 7.18. The van der Waals surface area contributed by atoms with E-state index < -0.39 is 0 Å². The SMILES string of the molecule is CCC1CCn2c(nc3cccc(Br)c3c2=O)C1. The van der Waals surface area contributed by atoms with Gasteiger partial charge in [-0.05, 0) is 40.4 Å². The molecule has 1 aromatic heterocycles. The van der Waals surface area contributed by atoms with Crippen LogP contribution >= 0.6 is 15.9 Å². The summed E-state index contributed by atoms with van der Waals surface area (Å²) in [5.41, 5.74) is 0.898. The van der Waals surface area contributed by atoms with Gasteiger partial charge in [-0.1, -0.05) is 19.4 Å². The maximum Gasteiger partial charge on any atom is 0.262 e. The average molecular weight is 307 g/mol. The van der Waals surface area contributed by atoms with Crippen LogP contribution in [0.3, 0.4) is 0 Å². The molecule has 3 rings (SSSR count). The van der Waals surface area contributed by atoms with Crippen molar-refractivity contribution in [3.8, 4) is 0 Å². The van der Waals surface area contributed by atoms with Crippen molar-refractivity contribution in [2.75, 3.05) is 0 Å². The first-order chi connectivity index (χ1) is 8.70. The van der Waals surface area contributed by atoms with Gasteiger partial charge in [-0.15, -0.1) is 0 Å². The van der Waals surface area contributed by atoms with Crippen molar-refractivity contribution in [2.24, 2.45) is 5.92 Å². The molecule has 94 valence electrons. The Balaban J connectivity index is 2.26. The van der Waals surface area contributed by atoms with Crippen LogP contribution < -0.4 is 5.56 Å². The van der Waals surface area contributed by atoms with E-state index in [1.165, 1.54) is 0 Å². The van der Waals surface area contributed by atoms with Gasteiger partial charge < -0.3 is 0 Å². The molecule has 0 saturated carbocycles. The number of halogens is 1. The number of fused-ring (bicyclic) bond motifs is 2. The first kappa shape index (κ1) is 11.9. The molecular formula is C14H15BrN2O. The lowest BCUT2D eigenvalue weighted by Gasteiger charge is -2.24. The molecule has 18 heavy (non-hydrogen) atoms. The van der Waals surface area contributed by atoms with Crippen LogP contribution in [0.1, 0.15) is 25.6 Å². The molecule has 1 unspecified atom stereocenters. The maximum absolute atomic E-state index is 12.5. The van der Waals surface area contributed by atoms with Gasteiger partial charge in [0.05, 0.1) is 10.9 Å². The monoisotopic (exact) mass is 306 g/mol. The molecule has 4 heteroatoms. The standard InChI is InChI=1S/C14H15BrN2O/c1-2-9-6-7-17-12(8-9)16-11-5-3-4-10(15)13(11)14(17)18/h3-5,9H,2,6-8H2,1H3. The molecule has 2 aromatic rings. The number of aromatic nitrogens is 2. The molecule has 0 fully saturated rings. The van der Waals surface area contributed by atoms with Gasteiger partial charge in [0.1, 0.15) is 5.82 Å². The Labute approximate surface area is 114 Å². The fourth-order valence-corrected chi connectivity index (χ4v) is 3.20. The number of nitrogens with zero attached hydrogens (tertiary/aromatic N) is 2. The van der Waals surface area contributed by atoms with Gasteiger partial charge in [0.15, 0.2) is 0 Å². The summed E-state index contributed by atoms with van der Waals surface area (Å²) in [5.74, 6) is 1.62. The van der Waals surface area contributed by atoms with E-state index in [0.717, 1.165) is 41.6 Å². The number of hydrogen-bond acceptors (Lipinski definition) is 2. The summed E-state index contributed by atoms with van der Waals surface area (Å²) in [7, 11) is 0. The summed E-state index contributed by atoms with van der Waals surface area (Å²) in [6.45, 7) is 3.01. The summed E-state index contributed by atoms with van der Waals surface area (Å²) < 4.78 is 2.68. The van der Waals surface area contributed by atoms with E-state index in [4.69, 9.17) is 0 Å². The Morgan fingerprint density at radius 2 is 2.33 bits per heavy atom. The molecule has 1 atom stereocenters. The maximum atomic E-state index is 12.5. The molecule has 0 N–H and O–H groups in total. The average Bonchev–Trinajstić information content (AvgIpc) is 2.38. The number of benzene rings is 1. The van der Waals surface area contributed by atoms with Crippen LogP contribution in [0.25, 0.3) is 10.9 Å². The molecule has 1 aliphatic rings. The van der Waals surface area contributed by atoms with Gasteiger partial charge in [-0.25, -0.2) is 4.98 Å². The Bertz CT molecular complexity index is 663. The summed E-state index contributed by atoms with van der Waals surface area (Å²) in [6.07, 6.45) is 3.17. The van der Waals surface area contributed by atoms with E-state index in [1.807, 2.05) is 22.8 Å². The fraction of sp³-hybridized carbons (Fsp3) is 0.429. The van der Waals surface area contributed by atoms with E-state index in [1.54, 1.807) is 0 Å². The third-order valence-corrected chi connectivity index (χ3v) is 4.48. The molecule has 0 saturated heterocycles. The first-order valence-electron chi connectivity index (χ1n) is 6.38. The van der Waals surface area contributed by atoms with E-state index in [-0.39, 0.29) is 5.56 Å². The normalized spacial score (nSPS) is 18.9. The molecular weight excluding hydrogens is 292 g/mol. The highest BCUT2D eigenvalue weighted by Crippen LogP contribution is 2.24. The van der Waals surface area contributed by atoms with E-state index in [9.17, 15) is 4.79 Å². The van der Waals surface area contributed by atoms with Crippen molar-refractivity contribution in [1.82, 2.24) is 9.55 Å². The van der Waals surface area contributed by atoms with E-state index >= 15 is 0 Å². The lowest BCUT2D eigenvalue weighted by atomic mass is 9.95. The van der Waals surface area contributed by atoms with Crippen molar-refractivity contribution in [3.05, 3.63) is 38.9 Å². The van der Waals surface area contributed by atoms with Gasteiger partial charge >= 0.3 is 0 Å². The van der Waals surface area contributed by atoms with Crippen molar-refractivity contribution >= 4 is 26.8 Å². The Hall–Kier alpha value is -1.16. The molecule has 0 amide bonds. The highest BCUT2D eigenvalue weighted by atomic mass is 79.9. The second kappa shape index (κ2) is 4.50. The van der Waals surface area contributed by atoms with Gasteiger partial charge in [-0.2, -0.15) is 0 Å². The largest absolute Gasteiger partial charge is 0.296 e. The smallest absolute Gasteiger partial charge is 0.262 e. The molecule has 0 radical (unpaired) electrons. The highest BCUT2D eigenvalue weighted by molar-refractivity contribution is 9.10. The number of rotatable bonds is 1.